The van der Waals surface area contributed by atoms with Gasteiger partial charge in [-0.05, 0) is 37.8 Å². The van der Waals surface area contributed by atoms with Gasteiger partial charge in [0, 0.05) is 6.54 Å². The van der Waals surface area contributed by atoms with Crippen LogP contribution < -0.4 is 0 Å². The quantitative estimate of drug-likeness (QED) is 0.441. The maximum Gasteiger partial charge on any atom is 0.313 e. The molecule has 5 heterocycles. The van der Waals surface area contributed by atoms with Gasteiger partial charge in [0.2, 0.25) is 5.91 Å². The van der Waals surface area contributed by atoms with Gasteiger partial charge >= 0.3 is 5.97 Å². The third-order valence-corrected chi connectivity index (χ3v) is 8.81. The van der Waals surface area contributed by atoms with Crippen molar-refractivity contribution < 1.29 is 29.0 Å². The third-order valence-electron chi connectivity index (χ3n) is 8.81. The Balaban J connectivity index is 1.47. The molecule has 11 nitrogen and oxygen atoms in total. The highest BCUT2D eigenvalue weighted by Gasteiger charge is 2.75. The molecule has 2 saturated heterocycles. The molecule has 2 fully saturated rings. The van der Waals surface area contributed by atoms with Gasteiger partial charge in [-0.1, -0.05) is 55.5 Å². The van der Waals surface area contributed by atoms with Gasteiger partial charge < -0.3 is 24.4 Å². The summed E-state index contributed by atoms with van der Waals surface area (Å²) in [4.78, 5) is 45.6. The van der Waals surface area contributed by atoms with Crippen molar-refractivity contribution in [1.82, 2.24) is 24.8 Å². The van der Waals surface area contributed by atoms with Gasteiger partial charge in [-0.25, -0.2) is 4.68 Å². The first-order valence-corrected chi connectivity index (χ1v) is 13.9. The first-order valence-electron chi connectivity index (χ1n) is 13.9. The Morgan fingerprint density at radius 2 is 1.90 bits per heavy atom. The number of rotatable bonds is 5. The van der Waals surface area contributed by atoms with Crippen molar-refractivity contribution in [3.63, 3.8) is 0 Å². The van der Waals surface area contributed by atoms with E-state index in [4.69, 9.17) is 9.47 Å². The van der Waals surface area contributed by atoms with E-state index >= 15 is 0 Å². The number of aromatic nitrogens is 3. The molecule has 4 aliphatic rings. The molecule has 40 heavy (non-hydrogen) atoms. The van der Waals surface area contributed by atoms with E-state index in [-0.39, 0.29) is 44.2 Å². The number of carbonyl (C=O) groups is 3. The summed E-state index contributed by atoms with van der Waals surface area (Å²) in [7, 11) is 0. The van der Waals surface area contributed by atoms with Crippen LogP contribution in [0.25, 0.3) is 11.0 Å². The number of carbonyl (C=O) groups excluding carboxylic acids is 3. The van der Waals surface area contributed by atoms with Crippen LogP contribution in [0.1, 0.15) is 33.6 Å². The number of aliphatic hydroxyl groups excluding tert-OH is 1. The highest BCUT2D eigenvalue weighted by molar-refractivity contribution is 5.99. The molecule has 2 amide bonds. The molecule has 0 bridgehead atoms. The summed E-state index contributed by atoms with van der Waals surface area (Å²) in [5, 5.41) is 18.9. The molecule has 6 atom stereocenters. The number of amides is 2. The average Bonchev–Trinajstić information content (AvgIpc) is 3.49. The number of fused-ring (bicyclic) bond motifs is 3. The minimum Gasteiger partial charge on any atom is -0.465 e. The molecule has 1 N–H and O–H groups in total. The van der Waals surface area contributed by atoms with E-state index in [1.54, 1.807) is 22.6 Å². The Morgan fingerprint density at radius 3 is 2.67 bits per heavy atom. The third kappa shape index (κ3) is 3.89. The molecule has 0 aliphatic carbocycles. The lowest BCUT2D eigenvalue weighted by atomic mass is 9.74. The van der Waals surface area contributed by atoms with Gasteiger partial charge in [-0.3, -0.25) is 14.4 Å². The van der Waals surface area contributed by atoms with Crippen LogP contribution >= 0.6 is 0 Å². The van der Waals surface area contributed by atoms with Crippen molar-refractivity contribution in [2.45, 2.75) is 63.6 Å². The maximum atomic E-state index is 14.5. The highest BCUT2D eigenvalue weighted by atomic mass is 16.6. The van der Waals surface area contributed by atoms with Crippen molar-refractivity contribution in [3.8, 4) is 0 Å². The normalized spacial score (nSPS) is 33.6. The van der Waals surface area contributed by atoms with Crippen LogP contribution in [0, 0.1) is 17.8 Å². The lowest BCUT2D eigenvalue weighted by molar-refractivity contribution is -0.162. The van der Waals surface area contributed by atoms with Crippen LogP contribution in [0.5, 0.6) is 0 Å². The molecular weight excluding hydrogens is 514 g/mol. The number of allylic oxidation sites excluding steroid dienone is 1. The fourth-order valence-corrected chi connectivity index (χ4v) is 6.91. The maximum absolute atomic E-state index is 14.5. The van der Waals surface area contributed by atoms with E-state index in [2.05, 4.69) is 10.3 Å². The van der Waals surface area contributed by atoms with Crippen molar-refractivity contribution in [3.05, 3.63) is 48.6 Å². The van der Waals surface area contributed by atoms with E-state index in [1.165, 1.54) is 4.90 Å². The molecule has 1 spiro atoms. The first-order chi connectivity index (χ1) is 19.2. The summed E-state index contributed by atoms with van der Waals surface area (Å²) in [6, 6.07) is 5.75. The SMILES string of the molecule is CC(C)[C@H](CO)N1C(=O)[C@@H]2[C@@H]3C(=O)OCCC/C=C\[C@]3(C)O[C@@]23C=CCN(Cn2nnc4ccccc42)C(=O)C13. The molecule has 1 aromatic carbocycles. The Morgan fingerprint density at radius 1 is 1.10 bits per heavy atom. The molecule has 11 heteroatoms. The number of aliphatic hydroxyl groups is 1. The van der Waals surface area contributed by atoms with E-state index in [0.29, 0.717) is 18.4 Å². The predicted molar refractivity (Wildman–Crippen MR) is 143 cm³/mol. The Hall–Kier alpha value is -3.57. The molecule has 4 aliphatic heterocycles. The second kappa shape index (κ2) is 9.81. The molecule has 1 aromatic heterocycles. The number of likely N-dealkylation sites (tertiary alicyclic amines) is 1. The molecule has 6 rings (SSSR count). The fraction of sp³-hybridized carbons (Fsp3) is 0.552. The van der Waals surface area contributed by atoms with Crippen LogP contribution in [0.2, 0.25) is 0 Å². The minimum atomic E-state index is -1.42. The second-order valence-electron chi connectivity index (χ2n) is 11.6. The van der Waals surface area contributed by atoms with E-state index in [9.17, 15) is 19.5 Å². The summed E-state index contributed by atoms with van der Waals surface area (Å²) in [5.74, 6) is -3.33. The fourth-order valence-electron chi connectivity index (χ4n) is 6.91. The summed E-state index contributed by atoms with van der Waals surface area (Å²) in [5.41, 5.74) is -1.09. The Labute approximate surface area is 232 Å². The molecule has 1 unspecified atom stereocenters. The van der Waals surface area contributed by atoms with Crippen LogP contribution in [-0.4, -0.2) is 90.7 Å². The summed E-state index contributed by atoms with van der Waals surface area (Å²) in [6.45, 7) is 5.85. The minimum absolute atomic E-state index is 0.108. The molecule has 2 aromatic rings. The summed E-state index contributed by atoms with van der Waals surface area (Å²) in [6.07, 6.45) is 8.80. The van der Waals surface area contributed by atoms with E-state index in [1.807, 2.05) is 56.3 Å². The Kier molecular flexibility index (Phi) is 6.53. The zero-order chi connectivity index (χ0) is 28.2. The number of esters is 1. The van der Waals surface area contributed by atoms with Gasteiger partial charge in [-0.15, -0.1) is 5.10 Å². The lowest BCUT2D eigenvalue weighted by Gasteiger charge is -2.41. The Bertz CT molecular complexity index is 1400. The second-order valence-corrected chi connectivity index (χ2v) is 11.6. The van der Waals surface area contributed by atoms with Gasteiger partial charge in [0.1, 0.15) is 29.7 Å². The average molecular weight is 550 g/mol. The van der Waals surface area contributed by atoms with Crippen molar-refractivity contribution in [2.75, 3.05) is 19.8 Å². The molecule has 0 radical (unpaired) electrons. The largest absolute Gasteiger partial charge is 0.465 e. The molecule has 212 valence electrons. The van der Waals surface area contributed by atoms with Crippen LogP contribution in [0.3, 0.4) is 0 Å². The topological polar surface area (TPSA) is 127 Å². The van der Waals surface area contributed by atoms with Crippen LogP contribution in [0.15, 0.2) is 48.6 Å². The monoisotopic (exact) mass is 549 g/mol. The number of ether oxygens (including phenoxy) is 2. The van der Waals surface area contributed by atoms with Crippen molar-refractivity contribution in [2.24, 2.45) is 17.8 Å². The smallest absolute Gasteiger partial charge is 0.313 e. The number of para-hydroxylation sites is 1. The predicted octanol–water partition coefficient (Wildman–Crippen LogP) is 1.67. The number of hydrogen-bond acceptors (Lipinski definition) is 8. The van der Waals surface area contributed by atoms with Gasteiger partial charge in [-0.2, -0.15) is 0 Å². The van der Waals surface area contributed by atoms with Gasteiger partial charge in [0.25, 0.3) is 5.91 Å². The number of cyclic esters (lactones) is 1. The highest BCUT2D eigenvalue weighted by Crippen LogP contribution is 2.57. The zero-order valence-corrected chi connectivity index (χ0v) is 23.0. The van der Waals surface area contributed by atoms with Gasteiger partial charge in [0.15, 0.2) is 0 Å². The number of hydrogen-bond donors (Lipinski definition) is 1. The molecule has 0 saturated carbocycles. The summed E-state index contributed by atoms with van der Waals surface area (Å²) < 4.78 is 14.1. The van der Waals surface area contributed by atoms with E-state index in [0.717, 1.165) is 5.52 Å². The van der Waals surface area contributed by atoms with Crippen LogP contribution in [-0.2, 0) is 30.5 Å². The lowest BCUT2D eigenvalue weighted by Crippen LogP contribution is -2.59. The number of benzene rings is 1. The van der Waals surface area contributed by atoms with Gasteiger partial charge in [0.05, 0.1) is 36.3 Å². The standard InChI is InChI=1S/C29H35N5O6/c1-18(2)21(16-35)34-24-26(37)32(17-33-20-11-6-5-10-19(20)30-31-33)14-9-13-29(24)22(25(34)36)23-27(38)39-15-8-4-7-12-28(23,3)40-29/h5-7,9-13,18,21-24,35H,4,8,14-17H2,1-3H3/b12-7-/t21-,22-,23+,24?,28-,29-/m0/s1. The first kappa shape index (κ1) is 26.6. The van der Waals surface area contributed by atoms with Crippen molar-refractivity contribution in [1.29, 1.82) is 0 Å². The van der Waals surface area contributed by atoms with E-state index < -0.39 is 41.1 Å². The zero-order valence-electron chi connectivity index (χ0n) is 23.0. The summed E-state index contributed by atoms with van der Waals surface area (Å²) >= 11 is 0. The molecular formula is C29H35N5O6. The van der Waals surface area contributed by atoms with Crippen molar-refractivity contribution >= 4 is 28.8 Å². The number of nitrogens with zero attached hydrogens (tertiary/aromatic N) is 5. The van der Waals surface area contributed by atoms with Crippen LogP contribution in [0.4, 0.5) is 0 Å².